The second-order valence-electron chi connectivity index (χ2n) is 2.51. The van der Waals surface area contributed by atoms with Gasteiger partial charge in [-0.1, -0.05) is 6.92 Å². The summed E-state index contributed by atoms with van der Waals surface area (Å²) in [5.41, 5.74) is 0. The van der Waals surface area contributed by atoms with E-state index in [0.29, 0.717) is 0 Å². The van der Waals surface area contributed by atoms with E-state index in [1.807, 2.05) is 6.92 Å². The molecule has 0 aromatic carbocycles. The van der Waals surface area contributed by atoms with Crippen LogP contribution in [-0.4, -0.2) is 12.7 Å². The molecule has 1 saturated heterocycles. The molecule has 0 N–H and O–H groups in total. The zero-order valence-electron chi connectivity index (χ0n) is 5.91. The Labute approximate surface area is 59.2 Å². The highest BCUT2D eigenvalue weighted by Gasteiger charge is 2.35. The molecule has 1 heterocycles. The molecule has 10 heavy (non-hydrogen) atoms. The van der Waals surface area contributed by atoms with Crippen LogP contribution in [0.2, 0.25) is 0 Å². The molecule has 60 valence electrons. The summed E-state index contributed by atoms with van der Waals surface area (Å²) in [5, 5.41) is 0. The molecular formula is C5H10FO3P. The lowest BCUT2D eigenvalue weighted by Gasteiger charge is -2.27. The van der Waals surface area contributed by atoms with Crippen LogP contribution in [-0.2, 0) is 13.6 Å². The van der Waals surface area contributed by atoms with Gasteiger partial charge in [-0.3, -0.25) is 9.05 Å². The van der Waals surface area contributed by atoms with E-state index < -0.39 is 7.91 Å². The highest BCUT2D eigenvalue weighted by atomic mass is 31.2. The molecular weight excluding hydrogens is 158 g/mol. The summed E-state index contributed by atoms with van der Waals surface area (Å²) < 4.78 is 31.7. The van der Waals surface area contributed by atoms with E-state index in [4.69, 9.17) is 0 Å². The molecule has 1 aliphatic rings. The first-order valence-electron chi connectivity index (χ1n) is 3.14. The SMILES string of the molecule is CC1COP(=O)(F)OC1C. The fourth-order valence-corrected chi connectivity index (χ4v) is 1.75. The minimum atomic E-state index is -4.18. The Morgan fingerprint density at radius 3 is 2.60 bits per heavy atom. The fourth-order valence-electron chi connectivity index (χ4n) is 0.675. The van der Waals surface area contributed by atoms with Crippen LogP contribution < -0.4 is 0 Å². The first-order valence-corrected chi connectivity index (χ1v) is 4.57. The van der Waals surface area contributed by atoms with Crippen LogP contribution >= 0.6 is 7.91 Å². The van der Waals surface area contributed by atoms with Crippen LogP contribution in [0.3, 0.4) is 0 Å². The number of hydrogen-bond donors (Lipinski definition) is 0. The summed E-state index contributed by atoms with van der Waals surface area (Å²) in [4.78, 5) is 0. The highest BCUT2D eigenvalue weighted by Crippen LogP contribution is 2.54. The molecule has 0 radical (unpaired) electrons. The Balaban J connectivity index is 2.57. The van der Waals surface area contributed by atoms with Crippen LogP contribution in [0.5, 0.6) is 0 Å². The highest BCUT2D eigenvalue weighted by molar-refractivity contribution is 7.48. The predicted octanol–water partition coefficient (Wildman–Crippen LogP) is 2.14. The maximum absolute atomic E-state index is 12.4. The van der Waals surface area contributed by atoms with Crippen molar-refractivity contribution < 1.29 is 17.8 Å². The Morgan fingerprint density at radius 1 is 1.60 bits per heavy atom. The summed E-state index contributed by atoms with van der Waals surface area (Å²) in [6.07, 6.45) is -0.315. The Kier molecular flexibility index (Phi) is 2.13. The van der Waals surface area contributed by atoms with E-state index in [-0.39, 0.29) is 18.6 Å². The van der Waals surface area contributed by atoms with Crippen LogP contribution in [0.25, 0.3) is 0 Å². The first-order chi connectivity index (χ1) is 4.51. The van der Waals surface area contributed by atoms with Gasteiger partial charge in [0.05, 0.1) is 12.7 Å². The zero-order valence-corrected chi connectivity index (χ0v) is 6.81. The largest absolute Gasteiger partial charge is 0.513 e. The molecule has 3 nitrogen and oxygen atoms in total. The third kappa shape index (κ3) is 1.78. The number of rotatable bonds is 0. The number of hydrogen-bond acceptors (Lipinski definition) is 3. The van der Waals surface area contributed by atoms with Crippen molar-refractivity contribution in [1.29, 1.82) is 0 Å². The van der Waals surface area contributed by atoms with E-state index in [9.17, 15) is 8.76 Å². The zero-order chi connectivity index (χ0) is 7.78. The fraction of sp³-hybridized carbons (Fsp3) is 1.00. The normalized spacial score (nSPS) is 49.1. The smallest absolute Gasteiger partial charge is 0.283 e. The van der Waals surface area contributed by atoms with Crippen molar-refractivity contribution in [3.8, 4) is 0 Å². The number of halogens is 1. The summed E-state index contributed by atoms with van der Waals surface area (Å²) in [5.74, 6) is 0.109. The van der Waals surface area contributed by atoms with Crippen molar-refractivity contribution in [3.05, 3.63) is 0 Å². The molecule has 0 aromatic heterocycles. The minimum absolute atomic E-state index is 0.109. The molecule has 0 bridgehead atoms. The summed E-state index contributed by atoms with van der Waals surface area (Å²) in [6.45, 7) is 3.71. The van der Waals surface area contributed by atoms with Crippen molar-refractivity contribution in [3.63, 3.8) is 0 Å². The molecule has 1 aliphatic heterocycles. The van der Waals surface area contributed by atoms with Gasteiger partial charge < -0.3 is 0 Å². The average Bonchev–Trinajstić information content (AvgIpc) is 1.79. The van der Waals surface area contributed by atoms with Gasteiger partial charge >= 0.3 is 7.91 Å². The minimum Gasteiger partial charge on any atom is -0.283 e. The third-order valence-corrected chi connectivity index (χ3v) is 2.63. The molecule has 0 spiro atoms. The van der Waals surface area contributed by atoms with E-state index in [1.165, 1.54) is 0 Å². The van der Waals surface area contributed by atoms with Gasteiger partial charge in [0.2, 0.25) is 0 Å². The molecule has 0 saturated carbocycles. The van der Waals surface area contributed by atoms with Crippen molar-refractivity contribution in [2.75, 3.05) is 6.61 Å². The quantitative estimate of drug-likeness (QED) is 0.520. The van der Waals surface area contributed by atoms with Crippen molar-refractivity contribution in [2.24, 2.45) is 5.92 Å². The monoisotopic (exact) mass is 168 g/mol. The predicted molar refractivity (Wildman–Crippen MR) is 34.4 cm³/mol. The van der Waals surface area contributed by atoms with Gasteiger partial charge in [-0.15, -0.1) is 4.20 Å². The molecule has 3 unspecified atom stereocenters. The van der Waals surface area contributed by atoms with Gasteiger partial charge in [0.15, 0.2) is 0 Å². The molecule has 3 atom stereocenters. The van der Waals surface area contributed by atoms with E-state index >= 15 is 0 Å². The van der Waals surface area contributed by atoms with Crippen LogP contribution in [0.1, 0.15) is 13.8 Å². The third-order valence-electron chi connectivity index (χ3n) is 1.59. The summed E-state index contributed by atoms with van der Waals surface area (Å²) in [6, 6.07) is 0. The maximum Gasteiger partial charge on any atom is 0.513 e. The van der Waals surface area contributed by atoms with Gasteiger partial charge in [0, 0.05) is 5.92 Å². The average molecular weight is 168 g/mol. The molecule has 0 aromatic rings. The summed E-state index contributed by atoms with van der Waals surface area (Å²) >= 11 is 0. The molecule has 0 aliphatic carbocycles. The van der Waals surface area contributed by atoms with Gasteiger partial charge in [-0.25, -0.2) is 4.57 Å². The Hall–Kier alpha value is 0.0800. The van der Waals surface area contributed by atoms with Gasteiger partial charge in [0.1, 0.15) is 0 Å². The van der Waals surface area contributed by atoms with E-state index in [2.05, 4.69) is 9.05 Å². The second kappa shape index (κ2) is 2.61. The maximum atomic E-state index is 12.4. The molecule has 1 fully saturated rings. The van der Waals surface area contributed by atoms with Crippen molar-refractivity contribution in [1.82, 2.24) is 0 Å². The lowest BCUT2D eigenvalue weighted by Crippen LogP contribution is -2.25. The Bertz CT molecular complexity index is 172. The lowest BCUT2D eigenvalue weighted by molar-refractivity contribution is 0.0290. The molecule has 0 amide bonds. The van der Waals surface area contributed by atoms with Crippen LogP contribution in [0.15, 0.2) is 0 Å². The van der Waals surface area contributed by atoms with E-state index in [1.54, 1.807) is 6.92 Å². The molecule has 5 heteroatoms. The van der Waals surface area contributed by atoms with Crippen LogP contribution in [0, 0.1) is 5.92 Å². The topological polar surface area (TPSA) is 35.5 Å². The van der Waals surface area contributed by atoms with Gasteiger partial charge in [-0.2, -0.15) is 0 Å². The van der Waals surface area contributed by atoms with E-state index in [0.717, 1.165) is 0 Å². The standard InChI is InChI=1S/C5H10FO3P/c1-4-3-8-10(6,7)9-5(4)2/h4-5H,3H2,1-2H3. The summed E-state index contributed by atoms with van der Waals surface area (Å²) in [7, 11) is -4.18. The van der Waals surface area contributed by atoms with Crippen molar-refractivity contribution in [2.45, 2.75) is 20.0 Å². The van der Waals surface area contributed by atoms with Crippen molar-refractivity contribution >= 4 is 7.91 Å². The van der Waals surface area contributed by atoms with Gasteiger partial charge in [-0.05, 0) is 6.92 Å². The second-order valence-corrected chi connectivity index (χ2v) is 3.84. The lowest BCUT2D eigenvalue weighted by atomic mass is 10.1. The van der Waals surface area contributed by atoms with Gasteiger partial charge in [0.25, 0.3) is 0 Å². The Morgan fingerprint density at radius 2 is 2.20 bits per heavy atom. The molecule has 1 rings (SSSR count). The first kappa shape index (κ1) is 8.18. The van der Waals surface area contributed by atoms with Crippen LogP contribution in [0.4, 0.5) is 4.20 Å².